The van der Waals surface area contributed by atoms with Gasteiger partial charge in [-0.3, -0.25) is 0 Å². The lowest BCUT2D eigenvalue weighted by Gasteiger charge is -1.99. The molecule has 4 heteroatoms. The minimum atomic E-state index is 0.556. The molecule has 0 fully saturated rings. The molecule has 18 heavy (non-hydrogen) atoms. The van der Waals surface area contributed by atoms with Gasteiger partial charge in [-0.15, -0.1) is 0 Å². The monoisotopic (exact) mass is 244 g/mol. The molecule has 0 aliphatic rings. The highest BCUT2D eigenvalue weighted by molar-refractivity contribution is 5.53. The Hall–Kier alpha value is -2.36. The molecule has 0 heterocycles. The van der Waals surface area contributed by atoms with Crippen LogP contribution in [-0.4, -0.2) is 14.2 Å². The fourth-order valence-corrected chi connectivity index (χ4v) is 1.58. The van der Waals surface area contributed by atoms with Crippen molar-refractivity contribution in [3.05, 3.63) is 53.4 Å². The molecule has 0 aliphatic carbocycles. The number of ether oxygens (including phenoxy) is 2. The first kappa shape index (κ1) is 12.1. The fourth-order valence-electron chi connectivity index (χ4n) is 1.58. The third-order valence-corrected chi connectivity index (χ3v) is 2.61. The van der Waals surface area contributed by atoms with Gasteiger partial charge in [0.15, 0.2) is 0 Å². The average molecular weight is 244 g/mol. The van der Waals surface area contributed by atoms with Gasteiger partial charge in [-0.25, -0.2) is 0 Å². The molecule has 0 bridgehead atoms. The second-order valence-electron chi connectivity index (χ2n) is 3.69. The van der Waals surface area contributed by atoms with Crippen LogP contribution in [0.3, 0.4) is 0 Å². The van der Waals surface area contributed by atoms with Crippen LogP contribution >= 0.6 is 0 Å². The van der Waals surface area contributed by atoms with Crippen molar-refractivity contribution < 1.29 is 9.47 Å². The van der Waals surface area contributed by atoms with Crippen molar-refractivity contribution in [3.63, 3.8) is 0 Å². The zero-order chi connectivity index (χ0) is 13.0. The van der Waals surface area contributed by atoms with Gasteiger partial charge in [0.2, 0.25) is 0 Å². The van der Waals surface area contributed by atoms with Gasteiger partial charge in [0.05, 0.1) is 19.0 Å². The Morgan fingerprint density at radius 3 is 1.33 bits per heavy atom. The van der Waals surface area contributed by atoms with E-state index in [1.54, 1.807) is 62.8 Å². The van der Waals surface area contributed by atoms with E-state index in [2.05, 4.69) is 0 Å². The van der Waals surface area contributed by atoms with Crippen molar-refractivity contribution in [1.82, 2.24) is 4.76 Å². The number of nitroso groups, excluding NO2 is 1. The molecule has 0 amide bonds. The number of benzene rings is 2. The molecule has 2 rings (SSSR count). The number of hydrogen-bond donors (Lipinski definition) is 0. The Morgan fingerprint density at radius 1 is 0.722 bits per heavy atom. The van der Waals surface area contributed by atoms with Gasteiger partial charge >= 0.3 is 0 Å². The molecule has 92 valence electrons. The molecule has 0 saturated carbocycles. The molecule has 0 aromatic heterocycles. The van der Waals surface area contributed by atoms with Crippen molar-refractivity contribution in [2.45, 2.75) is 0 Å². The molecule has 4 nitrogen and oxygen atoms in total. The minimum absolute atomic E-state index is 0.556. The van der Waals surface area contributed by atoms with Gasteiger partial charge in [0.25, 0.3) is 11.4 Å². The van der Waals surface area contributed by atoms with E-state index in [9.17, 15) is 4.91 Å². The molecule has 2 aromatic rings. The van der Waals surface area contributed by atoms with Crippen molar-refractivity contribution in [3.8, 4) is 11.5 Å². The number of rotatable bonds is 4. The van der Waals surface area contributed by atoms with Crippen molar-refractivity contribution in [2.24, 2.45) is 0 Å². The van der Waals surface area contributed by atoms with Crippen LogP contribution in [0.15, 0.2) is 48.5 Å². The summed E-state index contributed by atoms with van der Waals surface area (Å²) in [6.45, 7) is 0. The number of hydrogen-bond acceptors (Lipinski definition) is 3. The fraction of sp³-hybridized carbons (Fsp3) is 0.143. The van der Waals surface area contributed by atoms with Gasteiger partial charge in [-0.1, -0.05) is 0 Å². The Labute approximate surface area is 105 Å². The third kappa shape index (κ3) is 2.48. The Bertz CT molecular complexity index is 482. The van der Waals surface area contributed by atoms with Crippen LogP contribution < -0.4 is 14.2 Å². The normalized spacial score (nSPS) is 9.89. The van der Waals surface area contributed by atoms with Gasteiger partial charge in [-0.05, 0) is 24.3 Å². The summed E-state index contributed by atoms with van der Waals surface area (Å²) in [6.07, 6.45) is 0. The van der Waals surface area contributed by atoms with E-state index in [-0.39, 0.29) is 0 Å². The summed E-state index contributed by atoms with van der Waals surface area (Å²) in [5, 5.41) is 0. The molecule has 0 atom stereocenters. The smallest absolute Gasteiger partial charge is 0.263 e. The average Bonchev–Trinajstić information content (AvgIpc) is 2.47. The standard InChI is InChI=1S/C14H14NO3/c1-17-13-7-3-11(4-8-13)15(16)12-5-9-14(18-2)10-6-12/h3-10H,1-2H3/q+1. The van der Waals surface area contributed by atoms with Crippen molar-refractivity contribution in [2.75, 3.05) is 14.2 Å². The van der Waals surface area contributed by atoms with Gasteiger partial charge in [-0.2, -0.15) is 0 Å². The molecule has 0 unspecified atom stereocenters. The maximum atomic E-state index is 12.1. The van der Waals surface area contributed by atoms with Crippen LogP contribution in [0.1, 0.15) is 0 Å². The van der Waals surface area contributed by atoms with E-state index < -0.39 is 0 Å². The minimum Gasteiger partial charge on any atom is -0.497 e. The van der Waals surface area contributed by atoms with Crippen molar-refractivity contribution in [1.29, 1.82) is 0 Å². The first-order valence-corrected chi connectivity index (χ1v) is 5.50. The van der Waals surface area contributed by atoms with E-state index in [0.29, 0.717) is 11.4 Å². The summed E-state index contributed by atoms with van der Waals surface area (Å²) < 4.78 is 11.0. The largest absolute Gasteiger partial charge is 0.497 e. The van der Waals surface area contributed by atoms with Crippen LogP contribution in [0, 0.1) is 4.91 Å². The topological polar surface area (TPSA) is 38.5 Å². The van der Waals surface area contributed by atoms with E-state index in [1.165, 1.54) is 0 Å². The zero-order valence-corrected chi connectivity index (χ0v) is 10.3. The molecule has 0 saturated heterocycles. The zero-order valence-electron chi connectivity index (χ0n) is 10.3. The van der Waals surface area contributed by atoms with E-state index in [0.717, 1.165) is 16.3 Å². The molecule has 2 aromatic carbocycles. The summed E-state index contributed by atoms with van der Waals surface area (Å²) in [5.74, 6) is 1.45. The maximum absolute atomic E-state index is 12.1. The molecule has 0 aliphatic heterocycles. The quantitative estimate of drug-likeness (QED) is 0.774. The Morgan fingerprint density at radius 2 is 1.06 bits per heavy atom. The molecular weight excluding hydrogens is 230 g/mol. The van der Waals surface area contributed by atoms with Crippen LogP contribution in [0.4, 0.5) is 11.4 Å². The lowest BCUT2D eigenvalue weighted by molar-refractivity contribution is 0.414. The summed E-state index contributed by atoms with van der Waals surface area (Å²) >= 11 is 0. The van der Waals surface area contributed by atoms with Gasteiger partial charge in [0, 0.05) is 29.2 Å². The second kappa shape index (κ2) is 5.31. The highest BCUT2D eigenvalue weighted by Gasteiger charge is 2.17. The van der Waals surface area contributed by atoms with Crippen LogP contribution in [0.2, 0.25) is 0 Å². The molecule has 0 N–H and O–H groups in total. The van der Waals surface area contributed by atoms with E-state index in [1.807, 2.05) is 0 Å². The highest BCUT2D eigenvalue weighted by Crippen LogP contribution is 2.24. The summed E-state index contributed by atoms with van der Waals surface area (Å²) in [7, 11) is 3.18. The predicted octanol–water partition coefficient (Wildman–Crippen LogP) is 3.30. The van der Waals surface area contributed by atoms with Crippen molar-refractivity contribution >= 4 is 11.4 Å². The second-order valence-corrected chi connectivity index (χ2v) is 3.69. The molecule has 0 spiro atoms. The first-order chi connectivity index (χ1) is 8.74. The van der Waals surface area contributed by atoms with Gasteiger partial charge in [0.1, 0.15) is 11.5 Å². The molecule has 0 radical (unpaired) electrons. The third-order valence-electron chi connectivity index (χ3n) is 2.61. The first-order valence-electron chi connectivity index (χ1n) is 5.50. The highest BCUT2D eigenvalue weighted by atomic mass is 16.5. The lowest BCUT2D eigenvalue weighted by atomic mass is 10.2. The SMILES string of the molecule is COc1ccc([N+](=O)c2ccc(OC)cc2)cc1. The van der Waals surface area contributed by atoms with E-state index in [4.69, 9.17) is 9.47 Å². The number of nitrogens with zero attached hydrogens (tertiary/aromatic N) is 1. The van der Waals surface area contributed by atoms with Crippen LogP contribution in [0.5, 0.6) is 11.5 Å². The lowest BCUT2D eigenvalue weighted by Crippen LogP contribution is -1.97. The summed E-state index contributed by atoms with van der Waals surface area (Å²) in [5.41, 5.74) is 1.11. The maximum Gasteiger partial charge on any atom is 0.263 e. The summed E-state index contributed by atoms with van der Waals surface area (Å²) in [4.78, 5) is 12.1. The van der Waals surface area contributed by atoms with Gasteiger partial charge < -0.3 is 9.47 Å². The van der Waals surface area contributed by atoms with Crippen LogP contribution in [0.25, 0.3) is 0 Å². The Balaban J connectivity index is 2.23. The van der Waals surface area contributed by atoms with Crippen LogP contribution in [-0.2, 0) is 0 Å². The van der Waals surface area contributed by atoms with E-state index >= 15 is 0 Å². The Kier molecular flexibility index (Phi) is 3.57. The summed E-state index contributed by atoms with van der Waals surface area (Å²) in [6, 6.07) is 13.9. The molecular formula is C14H14NO3+. The number of methoxy groups -OCH3 is 2. The predicted molar refractivity (Wildman–Crippen MR) is 70.8 cm³/mol.